The summed E-state index contributed by atoms with van der Waals surface area (Å²) in [5.41, 5.74) is 3.64. The van der Waals surface area contributed by atoms with Crippen LogP contribution in [0.4, 0.5) is 0 Å². The summed E-state index contributed by atoms with van der Waals surface area (Å²) in [5, 5.41) is 4.55. The molecule has 0 radical (unpaired) electrons. The topological polar surface area (TPSA) is 67.7 Å². The predicted octanol–water partition coefficient (Wildman–Crippen LogP) is 2.38. The summed E-state index contributed by atoms with van der Waals surface area (Å²) in [6.07, 6.45) is 2.09. The third-order valence-corrected chi connectivity index (χ3v) is 5.82. The van der Waals surface area contributed by atoms with Gasteiger partial charge in [-0.1, -0.05) is 24.3 Å². The molecule has 0 N–H and O–H groups in total. The summed E-state index contributed by atoms with van der Waals surface area (Å²) in [6, 6.07) is 9.97. The number of hydrogen-bond donors (Lipinski definition) is 0. The lowest BCUT2D eigenvalue weighted by Crippen LogP contribution is -2.37. The number of carbonyl (C=O) groups excluding carboxylic acids is 2. The first-order valence-electron chi connectivity index (χ1n) is 10.3. The van der Waals surface area contributed by atoms with Crippen molar-refractivity contribution >= 4 is 11.8 Å². The summed E-state index contributed by atoms with van der Waals surface area (Å²) in [5.74, 6) is -0.0371. The zero-order valence-corrected chi connectivity index (χ0v) is 17.1. The fourth-order valence-electron chi connectivity index (χ4n) is 4.05. The Morgan fingerprint density at radius 1 is 1.28 bits per heavy atom. The minimum Gasteiger partial charge on any atom is -0.376 e. The van der Waals surface area contributed by atoms with Gasteiger partial charge in [-0.15, -0.1) is 0 Å². The van der Waals surface area contributed by atoms with Crippen molar-refractivity contribution in [2.75, 3.05) is 19.7 Å². The van der Waals surface area contributed by atoms with Gasteiger partial charge in [0.15, 0.2) is 5.69 Å². The Kier molecular flexibility index (Phi) is 5.67. The molecule has 0 saturated carbocycles. The number of carbonyl (C=O) groups is 2. The first-order valence-corrected chi connectivity index (χ1v) is 10.3. The van der Waals surface area contributed by atoms with E-state index in [1.165, 1.54) is 5.56 Å². The van der Waals surface area contributed by atoms with Gasteiger partial charge < -0.3 is 14.5 Å². The van der Waals surface area contributed by atoms with E-state index in [9.17, 15) is 9.59 Å². The smallest absolute Gasteiger partial charge is 0.274 e. The lowest BCUT2D eigenvalue weighted by molar-refractivity contribution is -0.130. The summed E-state index contributed by atoms with van der Waals surface area (Å²) < 4.78 is 7.65. The number of amides is 2. The van der Waals surface area contributed by atoms with Crippen molar-refractivity contribution < 1.29 is 14.3 Å². The van der Waals surface area contributed by atoms with E-state index in [4.69, 9.17) is 4.74 Å². The molecule has 1 saturated heterocycles. The minimum absolute atomic E-state index is 0.0462. The number of aryl methyl sites for hydroxylation is 1. The van der Waals surface area contributed by atoms with Gasteiger partial charge in [0.1, 0.15) is 0 Å². The maximum absolute atomic E-state index is 13.4. The minimum atomic E-state index is -0.0833. The van der Waals surface area contributed by atoms with Gasteiger partial charge in [0.2, 0.25) is 5.91 Å². The second-order valence-corrected chi connectivity index (χ2v) is 7.93. The zero-order chi connectivity index (χ0) is 20.4. The molecule has 7 heteroatoms. The second kappa shape index (κ2) is 8.37. The average molecular weight is 396 g/mol. The van der Waals surface area contributed by atoms with Crippen molar-refractivity contribution in [2.24, 2.45) is 0 Å². The van der Waals surface area contributed by atoms with E-state index in [0.717, 1.165) is 30.7 Å². The molecule has 0 aliphatic carbocycles. The van der Waals surface area contributed by atoms with Crippen LogP contribution in [-0.2, 0) is 29.2 Å². The Morgan fingerprint density at radius 3 is 2.83 bits per heavy atom. The fourth-order valence-corrected chi connectivity index (χ4v) is 4.05. The van der Waals surface area contributed by atoms with Gasteiger partial charge >= 0.3 is 0 Å². The maximum atomic E-state index is 13.4. The van der Waals surface area contributed by atoms with Crippen LogP contribution in [0.15, 0.2) is 30.3 Å². The van der Waals surface area contributed by atoms with Crippen molar-refractivity contribution in [1.82, 2.24) is 19.6 Å². The molecule has 2 aliphatic heterocycles. The number of ether oxygens (including phenoxy) is 1. The highest BCUT2D eigenvalue weighted by molar-refractivity contribution is 5.92. The Morgan fingerprint density at radius 2 is 2.10 bits per heavy atom. The molecule has 0 bridgehead atoms. The van der Waals surface area contributed by atoms with E-state index in [1.807, 2.05) is 27.8 Å². The van der Waals surface area contributed by atoms with Crippen LogP contribution in [-0.4, -0.2) is 57.2 Å². The van der Waals surface area contributed by atoms with Crippen molar-refractivity contribution in [3.8, 4) is 0 Å². The van der Waals surface area contributed by atoms with Crippen LogP contribution in [0.5, 0.6) is 0 Å². The molecule has 29 heavy (non-hydrogen) atoms. The van der Waals surface area contributed by atoms with Gasteiger partial charge in [0, 0.05) is 33.2 Å². The number of hydrogen-bond acceptors (Lipinski definition) is 4. The van der Waals surface area contributed by atoms with Gasteiger partial charge in [0.25, 0.3) is 5.91 Å². The van der Waals surface area contributed by atoms with E-state index >= 15 is 0 Å². The molecule has 2 aromatic rings. The van der Waals surface area contributed by atoms with Crippen LogP contribution >= 0.6 is 0 Å². The van der Waals surface area contributed by atoms with Crippen molar-refractivity contribution in [3.63, 3.8) is 0 Å². The van der Waals surface area contributed by atoms with Gasteiger partial charge in [-0.2, -0.15) is 5.10 Å². The fraction of sp³-hybridized carbons (Fsp3) is 0.500. The number of nitrogens with zero attached hydrogens (tertiary/aromatic N) is 4. The highest BCUT2D eigenvalue weighted by Crippen LogP contribution is 2.20. The predicted molar refractivity (Wildman–Crippen MR) is 108 cm³/mol. The lowest BCUT2D eigenvalue weighted by Gasteiger charge is -2.26. The van der Waals surface area contributed by atoms with Crippen LogP contribution in [0.2, 0.25) is 0 Å². The Bertz CT molecular complexity index is 901. The number of benzene rings is 1. The first-order chi connectivity index (χ1) is 14.0. The molecule has 1 atom stereocenters. The highest BCUT2D eigenvalue weighted by atomic mass is 16.5. The summed E-state index contributed by atoms with van der Waals surface area (Å²) in [7, 11) is 0. The molecule has 2 amide bonds. The standard InChI is InChI=1S/C22H28N4O3/c1-16-6-3-4-7-18(16)13-25(15-20-8-5-11-29-20)22(28)21-12-19-14-24(17(2)27)9-10-26(19)23-21/h3-4,6-7,12,20H,5,8-11,13-15H2,1-2H3/t20-/m0/s1. The number of aromatic nitrogens is 2. The Labute approximate surface area is 171 Å². The second-order valence-electron chi connectivity index (χ2n) is 7.93. The van der Waals surface area contributed by atoms with Crippen LogP contribution in [0.1, 0.15) is 47.1 Å². The third kappa shape index (κ3) is 4.34. The molecule has 3 heterocycles. The molecule has 1 fully saturated rings. The van der Waals surface area contributed by atoms with E-state index in [0.29, 0.717) is 38.4 Å². The highest BCUT2D eigenvalue weighted by Gasteiger charge is 2.28. The van der Waals surface area contributed by atoms with E-state index in [2.05, 4.69) is 24.2 Å². The molecule has 0 unspecified atom stereocenters. The summed E-state index contributed by atoms with van der Waals surface area (Å²) in [4.78, 5) is 28.7. The third-order valence-electron chi connectivity index (χ3n) is 5.82. The summed E-state index contributed by atoms with van der Waals surface area (Å²) >= 11 is 0. The largest absolute Gasteiger partial charge is 0.376 e. The Balaban J connectivity index is 1.56. The molecular formula is C22H28N4O3. The molecule has 7 nitrogen and oxygen atoms in total. The molecular weight excluding hydrogens is 368 g/mol. The average Bonchev–Trinajstić information content (AvgIpc) is 3.37. The molecule has 154 valence electrons. The van der Waals surface area contributed by atoms with E-state index in [1.54, 1.807) is 11.8 Å². The SMILES string of the molecule is CC(=O)N1CCn2nc(C(=O)N(Cc3ccccc3C)C[C@@H]3CCCO3)cc2C1. The number of fused-ring (bicyclic) bond motifs is 1. The molecule has 1 aromatic heterocycles. The van der Waals surface area contributed by atoms with Gasteiger partial charge in [-0.05, 0) is 37.0 Å². The van der Waals surface area contributed by atoms with Crippen LogP contribution < -0.4 is 0 Å². The molecule has 4 rings (SSSR count). The normalized spacial score (nSPS) is 18.6. The molecule has 0 spiro atoms. The number of rotatable bonds is 5. The quantitative estimate of drug-likeness (QED) is 0.778. The van der Waals surface area contributed by atoms with Crippen LogP contribution in [0, 0.1) is 6.92 Å². The molecule has 1 aromatic carbocycles. The molecule has 2 aliphatic rings. The zero-order valence-electron chi connectivity index (χ0n) is 17.1. The van der Waals surface area contributed by atoms with Crippen LogP contribution in [0.3, 0.4) is 0 Å². The lowest BCUT2D eigenvalue weighted by atomic mass is 10.1. The summed E-state index contributed by atoms with van der Waals surface area (Å²) in [6.45, 7) is 7.24. The Hall–Kier alpha value is -2.67. The van der Waals surface area contributed by atoms with Gasteiger partial charge in [-0.3, -0.25) is 14.3 Å². The van der Waals surface area contributed by atoms with E-state index in [-0.39, 0.29) is 17.9 Å². The van der Waals surface area contributed by atoms with E-state index < -0.39 is 0 Å². The maximum Gasteiger partial charge on any atom is 0.274 e. The van der Waals surface area contributed by atoms with Crippen molar-refractivity contribution in [2.45, 2.75) is 52.4 Å². The van der Waals surface area contributed by atoms with Gasteiger partial charge in [-0.25, -0.2) is 0 Å². The first kappa shape index (κ1) is 19.6. The van der Waals surface area contributed by atoms with Crippen LogP contribution in [0.25, 0.3) is 0 Å². The van der Waals surface area contributed by atoms with Crippen molar-refractivity contribution in [3.05, 3.63) is 52.8 Å². The van der Waals surface area contributed by atoms with Crippen molar-refractivity contribution in [1.29, 1.82) is 0 Å². The monoisotopic (exact) mass is 396 g/mol. The van der Waals surface area contributed by atoms with Gasteiger partial charge in [0.05, 0.1) is 24.9 Å².